The Balaban J connectivity index is 1.93. The fourth-order valence-corrected chi connectivity index (χ4v) is 2.51. The van der Waals surface area contributed by atoms with Gasteiger partial charge in [0.15, 0.2) is 0 Å². The zero-order chi connectivity index (χ0) is 12.1. The molecule has 0 aliphatic heterocycles. The van der Waals surface area contributed by atoms with E-state index in [2.05, 4.69) is 35.8 Å². The molecule has 1 aromatic carbocycles. The van der Waals surface area contributed by atoms with E-state index in [1.807, 2.05) is 24.4 Å². The Hall–Kier alpha value is -1.32. The molecule has 86 valence electrons. The number of benzene rings is 1. The minimum absolute atomic E-state index is 0.898. The molecule has 0 aliphatic rings. The van der Waals surface area contributed by atoms with E-state index in [-0.39, 0.29) is 0 Å². The van der Waals surface area contributed by atoms with Crippen molar-refractivity contribution in [1.29, 1.82) is 0 Å². The largest absolute Gasteiger partial charge is 0.360 e. The average Bonchev–Trinajstić information content (AvgIpc) is 2.90. The molecule has 0 spiro atoms. The third kappa shape index (κ3) is 3.32. The summed E-state index contributed by atoms with van der Waals surface area (Å²) in [6.45, 7) is 3.74. The van der Waals surface area contributed by atoms with Crippen LogP contribution in [0.1, 0.15) is 16.8 Å². The van der Waals surface area contributed by atoms with Gasteiger partial charge >= 0.3 is 0 Å². The van der Waals surface area contributed by atoms with Gasteiger partial charge in [-0.15, -0.1) is 11.8 Å². The van der Waals surface area contributed by atoms with E-state index in [0.717, 1.165) is 21.2 Å². The molecule has 0 saturated carbocycles. The topological polar surface area (TPSA) is 15.8 Å². The molecule has 1 heterocycles. The molecule has 0 amide bonds. The molecular formula is C14H13NS2. The molecule has 0 radical (unpaired) electrons. The Labute approximate surface area is 111 Å². The van der Waals surface area contributed by atoms with Gasteiger partial charge in [0.2, 0.25) is 0 Å². The molecule has 0 unspecified atom stereocenters. The van der Waals surface area contributed by atoms with Crippen LogP contribution < -0.4 is 0 Å². The number of rotatable bonds is 4. The van der Waals surface area contributed by atoms with Crippen LogP contribution in [-0.4, -0.2) is 9.18 Å². The lowest BCUT2D eigenvalue weighted by Crippen LogP contribution is -1.92. The lowest BCUT2D eigenvalue weighted by Gasteiger charge is -2.02. The van der Waals surface area contributed by atoms with Crippen molar-refractivity contribution in [3.05, 3.63) is 66.0 Å². The molecule has 0 atom stereocenters. The van der Waals surface area contributed by atoms with Crippen molar-refractivity contribution in [2.75, 3.05) is 0 Å². The van der Waals surface area contributed by atoms with Gasteiger partial charge in [-0.25, -0.2) is 0 Å². The summed E-state index contributed by atoms with van der Waals surface area (Å²) in [7, 11) is 0. The number of hydrogen-bond acceptors (Lipinski definition) is 2. The predicted octanol–water partition coefficient (Wildman–Crippen LogP) is 4.27. The molecule has 1 aromatic heterocycles. The van der Waals surface area contributed by atoms with Gasteiger partial charge in [0, 0.05) is 11.9 Å². The molecule has 3 heteroatoms. The number of thioether (sulfide) groups is 1. The van der Waals surface area contributed by atoms with Crippen molar-refractivity contribution in [2.24, 2.45) is 0 Å². The van der Waals surface area contributed by atoms with Crippen molar-refractivity contribution in [3.8, 4) is 0 Å². The quantitative estimate of drug-likeness (QED) is 0.825. The van der Waals surface area contributed by atoms with Crippen LogP contribution in [0.4, 0.5) is 0 Å². The van der Waals surface area contributed by atoms with Crippen molar-refractivity contribution in [1.82, 2.24) is 4.98 Å². The van der Waals surface area contributed by atoms with Crippen molar-refractivity contribution < 1.29 is 0 Å². The van der Waals surface area contributed by atoms with E-state index in [9.17, 15) is 0 Å². The van der Waals surface area contributed by atoms with Gasteiger partial charge in [-0.3, -0.25) is 0 Å². The second-order valence-electron chi connectivity index (χ2n) is 3.61. The second kappa shape index (κ2) is 5.84. The first-order valence-corrected chi connectivity index (χ1v) is 6.71. The van der Waals surface area contributed by atoms with Gasteiger partial charge in [-0.05, 0) is 23.3 Å². The zero-order valence-electron chi connectivity index (χ0n) is 9.35. The Kier molecular flexibility index (Phi) is 4.18. The second-order valence-corrected chi connectivity index (χ2v) is 5.26. The molecule has 2 aromatic rings. The molecule has 2 rings (SSSR count). The van der Waals surface area contributed by atoms with Gasteiger partial charge in [0.1, 0.15) is 0 Å². The van der Waals surface area contributed by atoms with Crippen LogP contribution in [0, 0.1) is 0 Å². The normalized spacial score (nSPS) is 10.1. The first-order valence-electron chi connectivity index (χ1n) is 5.31. The van der Waals surface area contributed by atoms with Crippen LogP contribution in [0.25, 0.3) is 6.08 Å². The van der Waals surface area contributed by atoms with Gasteiger partial charge in [-0.2, -0.15) is 0 Å². The molecule has 17 heavy (non-hydrogen) atoms. The standard InChI is InChI=1S/C14H13NS2/c1-2-11-5-7-12(8-6-11)10-17-14(16)13-4-3-9-15-13/h2-9,15H,1,10H2. The van der Waals surface area contributed by atoms with Gasteiger partial charge < -0.3 is 4.98 Å². The smallest absolute Gasteiger partial charge is 0.0944 e. The fourth-order valence-electron chi connectivity index (χ4n) is 1.43. The number of H-pyrrole nitrogens is 1. The molecule has 0 aliphatic carbocycles. The van der Waals surface area contributed by atoms with Crippen LogP contribution in [0.2, 0.25) is 0 Å². The molecule has 0 bridgehead atoms. The van der Waals surface area contributed by atoms with Crippen molar-refractivity contribution in [3.63, 3.8) is 0 Å². The summed E-state index contributed by atoms with van der Waals surface area (Å²) in [5.41, 5.74) is 3.44. The summed E-state index contributed by atoms with van der Waals surface area (Å²) < 4.78 is 0.905. The van der Waals surface area contributed by atoms with Crippen LogP contribution in [0.5, 0.6) is 0 Å². The number of aromatic nitrogens is 1. The summed E-state index contributed by atoms with van der Waals surface area (Å²) in [6.07, 6.45) is 3.74. The molecule has 0 fully saturated rings. The number of hydrogen-bond donors (Lipinski definition) is 1. The van der Waals surface area contributed by atoms with Gasteiger partial charge in [0.05, 0.1) is 9.89 Å². The maximum absolute atomic E-state index is 5.34. The molecule has 1 N–H and O–H groups in total. The maximum atomic E-state index is 5.34. The van der Waals surface area contributed by atoms with Crippen LogP contribution >= 0.6 is 24.0 Å². The Morgan fingerprint density at radius 3 is 2.65 bits per heavy atom. The zero-order valence-corrected chi connectivity index (χ0v) is 11.0. The predicted molar refractivity (Wildman–Crippen MR) is 80.3 cm³/mol. The van der Waals surface area contributed by atoms with E-state index in [4.69, 9.17) is 12.2 Å². The number of nitrogens with one attached hydrogen (secondary N) is 1. The highest BCUT2D eigenvalue weighted by molar-refractivity contribution is 8.23. The number of thiocarbonyl (C=S) groups is 1. The Morgan fingerprint density at radius 1 is 1.29 bits per heavy atom. The first kappa shape index (κ1) is 12.1. The minimum Gasteiger partial charge on any atom is -0.360 e. The SMILES string of the molecule is C=Cc1ccc(CSC(=S)c2ccc[nH]2)cc1. The fraction of sp³-hybridized carbons (Fsp3) is 0.0714. The van der Waals surface area contributed by atoms with E-state index < -0.39 is 0 Å². The first-order chi connectivity index (χ1) is 8.29. The Morgan fingerprint density at radius 2 is 2.06 bits per heavy atom. The summed E-state index contributed by atoms with van der Waals surface area (Å²) in [6, 6.07) is 12.3. The summed E-state index contributed by atoms with van der Waals surface area (Å²) in [4.78, 5) is 3.12. The van der Waals surface area contributed by atoms with E-state index in [1.165, 1.54) is 5.56 Å². The third-order valence-electron chi connectivity index (χ3n) is 2.40. The monoisotopic (exact) mass is 259 g/mol. The minimum atomic E-state index is 0.898. The highest BCUT2D eigenvalue weighted by Crippen LogP contribution is 2.18. The van der Waals surface area contributed by atoms with Crippen LogP contribution in [0.3, 0.4) is 0 Å². The molecule has 0 saturated heterocycles. The van der Waals surface area contributed by atoms with Crippen LogP contribution in [-0.2, 0) is 5.75 Å². The summed E-state index contributed by atoms with van der Waals surface area (Å²) in [5.74, 6) is 0.898. The summed E-state index contributed by atoms with van der Waals surface area (Å²) in [5, 5.41) is 0. The maximum Gasteiger partial charge on any atom is 0.0944 e. The van der Waals surface area contributed by atoms with Crippen molar-refractivity contribution in [2.45, 2.75) is 5.75 Å². The van der Waals surface area contributed by atoms with E-state index in [0.29, 0.717) is 0 Å². The highest BCUT2D eigenvalue weighted by Gasteiger charge is 2.02. The molecule has 1 nitrogen and oxygen atoms in total. The lowest BCUT2D eigenvalue weighted by atomic mass is 10.1. The lowest BCUT2D eigenvalue weighted by molar-refractivity contribution is 1.39. The Bertz CT molecular complexity index is 498. The van der Waals surface area contributed by atoms with Crippen molar-refractivity contribution >= 4 is 34.3 Å². The molecular weight excluding hydrogens is 246 g/mol. The van der Waals surface area contributed by atoms with E-state index >= 15 is 0 Å². The van der Waals surface area contributed by atoms with Crippen LogP contribution in [0.15, 0.2) is 49.2 Å². The summed E-state index contributed by atoms with van der Waals surface area (Å²) >= 11 is 7.01. The van der Waals surface area contributed by atoms with Gasteiger partial charge in [0.25, 0.3) is 0 Å². The van der Waals surface area contributed by atoms with Gasteiger partial charge in [-0.1, -0.05) is 49.1 Å². The third-order valence-corrected chi connectivity index (χ3v) is 3.94. The highest BCUT2D eigenvalue weighted by atomic mass is 32.2. The van der Waals surface area contributed by atoms with E-state index in [1.54, 1.807) is 11.8 Å². The number of aromatic amines is 1. The average molecular weight is 259 g/mol.